The Hall–Kier alpha value is -1.35. The van der Waals surface area contributed by atoms with Gasteiger partial charge in [-0.05, 0) is 51.8 Å². The van der Waals surface area contributed by atoms with E-state index in [1.165, 1.54) is 24.2 Å². The molecule has 1 saturated carbocycles. The average molecular weight is 243 g/mol. The van der Waals surface area contributed by atoms with Crippen LogP contribution in [0.4, 0.5) is 0 Å². The minimum Gasteiger partial charge on any atom is -0.304 e. The summed E-state index contributed by atoms with van der Waals surface area (Å²) in [5.41, 5.74) is 3.46. The van der Waals surface area contributed by atoms with Crippen molar-refractivity contribution in [3.63, 3.8) is 0 Å². The highest BCUT2D eigenvalue weighted by Gasteiger charge is 2.30. The van der Waals surface area contributed by atoms with Gasteiger partial charge in [-0.15, -0.1) is 0 Å². The summed E-state index contributed by atoms with van der Waals surface area (Å²) in [5.74, 6) is 0.911. The van der Waals surface area contributed by atoms with Gasteiger partial charge in [0.1, 0.15) is 5.65 Å². The summed E-state index contributed by atoms with van der Waals surface area (Å²) < 4.78 is 2.17. The fourth-order valence-corrected chi connectivity index (χ4v) is 2.61. The summed E-state index contributed by atoms with van der Waals surface area (Å²) in [4.78, 5) is 7.12. The molecule has 2 aromatic heterocycles. The molecule has 3 heteroatoms. The number of aryl methyl sites for hydroxylation is 1. The molecule has 1 unspecified atom stereocenters. The van der Waals surface area contributed by atoms with Crippen molar-refractivity contribution in [1.82, 2.24) is 14.3 Å². The van der Waals surface area contributed by atoms with Crippen molar-refractivity contribution in [2.24, 2.45) is 5.92 Å². The summed E-state index contributed by atoms with van der Waals surface area (Å²) in [6.07, 6.45) is 4.96. The van der Waals surface area contributed by atoms with Crippen molar-refractivity contribution in [2.45, 2.75) is 39.3 Å². The fraction of sp³-hybridized carbons (Fsp3) is 0.533. The Morgan fingerprint density at radius 3 is 2.89 bits per heavy atom. The lowest BCUT2D eigenvalue weighted by Crippen LogP contribution is -2.30. The normalized spacial score (nSPS) is 17.6. The molecule has 0 radical (unpaired) electrons. The van der Waals surface area contributed by atoms with E-state index in [4.69, 9.17) is 4.98 Å². The lowest BCUT2D eigenvalue weighted by atomic mass is 10.2. The van der Waals surface area contributed by atoms with Gasteiger partial charge in [0, 0.05) is 24.5 Å². The molecule has 0 saturated heterocycles. The molecule has 0 aliphatic heterocycles. The first-order valence-corrected chi connectivity index (χ1v) is 6.79. The van der Waals surface area contributed by atoms with E-state index in [0.29, 0.717) is 6.04 Å². The molecule has 1 aliphatic rings. The van der Waals surface area contributed by atoms with Crippen LogP contribution in [0.2, 0.25) is 0 Å². The van der Waals surface area contributed by atoms with Crippen LogP contribution in [0.1, 0.15) is 31.2 Å². The van der Waals surface area contributed by atoms with Crippen molar-refractivity contribution in [3.05, 3.63) is 35.8 Å². The SMILES string of the molecule is Cc1cccc2nc(CN(C)C(C)C3CC3)cn12. The zero-order chi connectivity index (χ0) is 12.7. The van der Waals surface area contributed by atoms with Gasteiger partial charge in [0.05, 0.1) is 5.69 Å². The van der Waals surface area contributed by atoms with Crippen molar-refractivity contribution < 1.29 is 0 Å². The first-order valence-electron chi connectivity index (χ1n) is 6.79. The number of imidazole rings is 1. The van der Waals surface area contributed by atoms with Crippen LogP contribution in [-0.4, -0.2) is 27.4 Å². The van der Waals surface area contributed by atoms with Crippen molar-refractivity contribution in [2.75, 3.05) is 7.05 Å². The lowest BCUT2D eigenvalue weighted by molar-refractivity contribution is 0.224. The highest BCUT2D eigenvalue weighted by atomic mass is 15.1. The van der Waals surface area contributed by atoms with Gasteiger partial charge in [-0.2, -0.15) is 0 Å². The summed E-state index contributed by atoms with van der Waals surface area (Å²) in [6, 6.07) is 6.93. The summed E-state index contributed by atoms with van der Waals surface area (Å²) >= 11 is 0. The Kier molecular flexibility index (Phi) is 2.86. The Morgan fingerprint density at radius 1 is 1.44 bits per heavy atom. The first kappa shape index (κ1) is 11.7. The molecule has 0 aromatic carbocycles. The van der Waals surface area contributed by atoms with E-state index >= 15 is 0 Å². The maximum atomic E-state index is 4.70. The molecule has 0 spiro atoms. The highest BCUT2D eigenvalue weighted by molar-refractivity contribution is 5.41. The van der Waals surface area contributed by atoms with Crippen LogP contribution < -0.4 is 0 Å². The standard InChI is InChI=1S/C15H21N3/c1-11-5-4-6-15-16-14(10-18(11)15)9-17(3)12(2)13-7-8-13/h4-6,10,12-13H,7-9H2,1-3H3. The van der Waals surface area contributed by atoms with E-state index in [-0.39, 0.29) is 0 Å². The number of pyridine rings is 1. The van der Waals surface area contributed by atoms with E-state index in [9.17, 15) is 0 Å². The molecule has 18 heavy (non-hydrogen) atoms. The van der Waals surface area contributed by atoms with Gasteiger partial charge < -0.3 is 4.40 Å². The summed E-state index contributed by atoms with van der Waals surface area (Å²) in [7, 11) is 2.21. The first-order chi connectivity index (χ1) is 8.65. The van der Waals surface area contributed by atoms with Crippen LogP contribution in [0.15, 0.2) is 24.4 Å². The summed E-state index contributed by atoms with van der Waals surface area (Å²) in [6.45, 7) is 5.40. The zero-order valence-corrected chi connectivity index (χ0v) is 11.4. The molecule has 2 aromatic rings. The molecule has 0 N–H and O–H groups in total. The lowest BCUT2D eigenvalue weighted by Gasteiger charge is -2.23. The van der Waals surface area contributed by atoms with Crippen molar-refractivity contribution in [1.29, 1.82) is 0 Å². The number of aromatic nitrogens is 2. The fourth-order valence-electron chi connectivity index (χ4n) is 2.61. The Labute approximate surface area is 108 Å². The molecular formula is C15H21N3. The van der Waals surface area contributed by atoms with E-state index in [1.54, 1.807) is 0 Å². The van der Waals surface area contributed by atoms with Gasteiger partial charge in [0.25, 0.3) is 0 Å². The Balaban J connectivity index is 1.79. The van der Waals surface area contributed by atoms with E-state index in [2.05, 4.69) is 54.6 Å². The average Bonchev–Trinajstić information content (AvgIpc) is 3.10. The number of hydrogen-bond acceptors (Lipinski definition) is 2. The zero-order valence-electron chi connectivity index (χ0n) is 11.4. The minimum atomic E-state index is 0.677. The Morgan fingerprint density at radius 2 is 2.22 bits per heavy atom. The maximum Gasteiger partial charge on any atom is 0.137 e. The molecule has 3 rings (SSSR count). The third-order valence-electron chi connectivity index (χ3n) is 4.16. The van der Waals surface area contributed by atoms with Gasteiger partial charge in [-0.3, -0.25) is 4.90 Å². The predicted molar refractivity (Wildman–Crippen MR) is 73.6 cm³/mol. The smallest absolute Gasteiger partial charge is 0.137 e. The number of hydrogen-bond donors (Lipinski definition) is 0. The number of rotatable bonds is 4. The van der Waals surface area contributed by atoms with E-state index in [1.807, 2.05) is 0 Å². The van der Waals surface area contributed by atoms with Crippen LogP contribution in [-0.2, 0) is 6.54 Å². The van der Waals surface area contributed by atoms with Gasteiger partial charge in [-0.1, -0.05) is 6.07 Å². The molecule has 1 fully saturated rings. The second-order valence-corrected chi connectivity index (χ2v) is 5.62. The Bertz CT molecular complexity index is 554. The van der Waals surface area contributed by atoms with Gasteiger partial charge in [0.15, 0.2) is 0 Å². The minimum absolute atomic E-state index is 0.677. The third kappa shape index (κ3) is 2.15. The van der Waals surface area contributed by atoms with Crippen LogP contribution in [0.5, 0.6) is 0 Å². The molecule has 0 bridgehead atoms. The van der Waals surface area contributed by atoms with Crippen LogP contribution in [0, 0.1) is 12.8 Å². The van der Waals surface area contributed by atoms with E-state index < -0.39 is 0 Å². The largest absolute Gasteiger partial charge is 0.304 e. The van der Waals surface area contributed by atoms with Crippen LogP contribution >= 0.6 is 0 Å². The second kappa shape index (κ2) is 4.39. The third-order valence-corrected chi connectivity index (χ3v) is 4.16. The van der Waals surface area contributed by atoms with Gasteiger partial charge in [-0.25, -0.2) is 4.98 Å². The maximum absolute atomic E-state index is 4.70. The van der Waals surface area contributed by atoms with Gasteiger partial charge >= 0.3 is 0 Å². The topological polar surface area (TPSA) is 20.5 Å². The van der Waals surface area contributed by atoms with Gasteiger partial charge in [0.2, 0.25) is 0 Å². The molecule has 2 heterocycles. The molecule has 1 atom stereocenters. The highest BCUT2D eigenvalue weighted by Crippen LogP contribution is 2.35. The quantitative estimate of drug-likeness (QED) is 0.823. The number of fused-ring (bicyclic) bond motifs is 1. The molecule has 3 nitrogen and oxygen atoms in total. The number of nitrogens with zero attached hydrogens (tertiary/aromatic N) is 3. The summed E-state index contributed by atoms with van der Waals surface area (Å²) in [5, 5.41) is 0. The van der Waals surface area contributed by atoms with Crippen molar-refractivity contribution in [3.8, 4) is 0 Å². The molecule has 0 amide bonds. The van der Waals surface area contributed by atoms with Crippen LogP contribution in [0.3, 0.4) is 0 Å². The molecule has 96 valence electrons. The van der Waals surface area contributed by atoms with Crippen molar-refractivity contribution >= 4 is 5.65 Å². The second-order valence-electron chi connectivity index (χ2n) is 5.62. The molecular weight excluding hydrogens is 222 g/mol. The molecule has 1 aliphatic carbocycles. The van der Waals surface area contributed by atoms with E-state index in [0.717, 1.165) is 18.1 Å². The predicted octanol–water partition coefficient (Wildman–Crippen LogP) is 2.87. The van der Waals surface area contributed by atoms with Crippen LogP contribution in [0.25, 0.3) is 5.65 Å². The monoisotopic (exact) mass is 243 g/mol.